The van der Waals surface area contributed by atoms with Gasteiger partial charge in [0.05, 0.1) is 24.7 Å². The number of nitrogens with one attached hydrogen (secondary N) is 2. The lowest BCUT2D eigenvalue weighted by atomic mass is 9.95. The first kappa shape index (κ1) is 23.8. The van der Waals surface area contributed by atoms with Gasteiger partial charge in [-0.15, -0.1) is 0 Å². The summed E-state index contributed by atoms with van der Waals surface area (Å²) in [5, 5.41) is 7.56. The number of aryl methyl sites for hydroxylation is 1. The van der Waals surface area contributed by atoms with Crippen molar-refractivity contribution in [2.75, 3.05) is 20.2 Å². The number of methoxy groups -OCH3 is 1. The number of para-hydroxylation sites is 1. The average molecular weight is 487 g/mol. The van der Waals surface area contributed by atoms with Crippen molar-refractivity contribution in [3.63, 3.8) is 0 Å². The second-order valence-corrected chi connectivity index (χ2v) is 9.41. The zero-order valence-electron chi connectivity index (χ0n) is 20.7. The molecule has 2 atom stereocenters. The molecule has 0 radical (unpaired) electrons. The van der Waals surface area contributed by atoms with Crippen LogP contribution in [-0.2, 0) is 13.6 Å². The Hall–Kier alpha value is -3.91. The summed E-state index contributed by atoms with van der Waals surface area (Å²) in [7, 11) is 3.24. The molecule has 186 valence electrons. The van der Waals surface area contributed by atoms with Crippen molar-refractivity contribution in [2.45, 2.75) is 25.9 Å². The minimum absolute atomic E-state index is 0.0263. The molecule has 3 heterocycles. The Morgan fingerprint density at radius 2 is 1.83 bits per heavy atom. The van der Waals surface area contributed by atoms with E-state index in [4.69, 9.17) is 4.74 Å². The van der Waals surface area contributed by atoms with E-state index in [9.17, 15) is 14.4 Å². The first-order valence-electron chi connectivity index (χ1n) is 12.2. The summed E-state index contributed by atoms with van der Waals surface area (Å²) in [6, 6.07) is 16.4. The maximum Gasteiger partial charge on any atom is 0.272 e. The van der Waals surface area contributed by atoms with Gasteiger partial charge in [0, 0.05) is 24.0 Å². The minimum atomic E-state index is -0.366. The summed E-state index contributed by atoms with van der Waals surface area (Å²) in [5.41, 5.74) is 1.70. The minimum Gasteiger partial charge on any atom is -0.493 e. The molecule has 2 aromatic heterocycles. The first-order valence-corrected chi connectivity index (χ1v) is 12.2. The van der Waals surface area contributed by atoms with Crippen LogP contribution in [0.2, 0.25) is 0 Å². The molecular formula is C28H30N4O4. The highest BCUT2D eigenvalue weighted by atomic mass is 16.5. The molecule has 1 saturated heterocycles. The predicted molar refractivity (Wildman–Crippen MR) is 140 cm³/mol. The van der Waals surface area contributed by atoms with Crippen LogP contribution in [0.1, 0.15) is 34.2 Å². The van der Waals surface area contributed by atoms with E-state index < -0.39 is 0 Å². The number of piperidine rings is 1. The van der Waals surface area contributed by atoms with Crippen LogP contribution in [0.25, 0.3) is 21.8 Å². The Morgan fingerprint density at radius 1 is 1.11 bits per heavy atom. The Balaban J connectivity index is 1.68. The van der Waals surface area contributed by atoms with E-state index in [2.05, 4.69) is 17.6 Å². The Bertz CT molecular complexity index is 1520. The van der Waals surface area contributed by atoms with E-state index in [-0.39, 0.29) is 41.5 Å². The fourth-order valence-corrected chi connectivity index (χ4v) is 5.26. The molecule has 0 spiro atoms. The molecule has 0 saturated carbocycles. The molecule has 0 aliphatic carbocycles. The fraction of sp³-hybridized carbons (Fsp3) is 0.321. The molecule has 2 N–H and O–H groups in total. The molecule has 36 heavy (non-hydrogen) atoms. The van der Waals surface area contributed by atoms with Gasteiger partial charge in [-0.3, -0.25) is 19.0 Å². The molecular weight excluding hydrogens is 456 g/mol. The molecule has 2 aromatic carbocycles. The van der Waals surface area contributed by atoms with Crippen molar-refractivity contribution in [3.05, 3.63) is 76.2 Å². The van der Waals surface area contributed by atoms with Gasteiger partial charge in [-0.1, -0.05) is 55.5 Å². The van der Waals surface area contributed by atoms with Crippen LogP contribution in [0.5, 0.6) is 5.75 Å². The molecule has 1 fully saturated rings. The number of fused-ring (bicyclic) bond motifs is 3. The van der Waals surface area contributed by atoms with Gasteiger partial charge in [-0.05, 0) is 31.5 Å². The third kappa shape index (κ3) is 3.97. The molecule has 1 aliphatic rings. The van der Waals surface area contributed by atoms with Crippen LogP contribution in [-0.4, -0.2) is 47.1 Å². The second kappa shape index (κ2) is 9.62. The van der Waals surface area contributed by atoms with Crippen LogP contribution >= 0.6 is 0 Å². The number of ether oxygens (including phenoxy) is 1. The number of aromatic nitrogens is 2. The van der Waals surface area contributed by atoms with Gasteiger partial charge in [0.25, 0.3) is 11.5 Å². The number of rotatable bonds is 6. The van der Waals surface area contributed by atoms with E-state index in [0.29, 0.717) is 27.7 Å². The van der Waals surface area contributed by atoms with Crippen LogP contribution in [0.15, 0.2) is 59.4 Å². The lowest BCUT2D eigenvalue weighted by Crippen LogP contribution is -2.48. The normalized spacial score (nSPS) is 17.9. The van der Waals surface area contributed by atoms with Gasteiger partial charge in [0.15, 0.2) is 17.2 Å². The van der Waals surface area contributed by atoms with Crippen LogP contribution in [0.3, 0.4) is 0 Å². The summed E-state index contributed by atoms with van der Waals surface area (Å²) in [6.45, 7) is 3.66. The average Bonchev–Trinajstić information content (AvgIpc) is 3.20. The highest BCUT2D eigenvalue weighted by Crippen LogP contribution is 2.35. The number of pyridine rings is 1. The Kier molecular flexibility index (Phi) is 6.36. The van der Waals surface area contributed by atoms with Crippen LogP contribution in [0, 0.1) is 5.92 Å². The molecule has 4 aromatic rings. The van der Waals surface area contributed by atoms with E-state index >= 15 is 0 Å². The number of Topliss-reactive ketones (excluding diaryl/α,β-unsaturated/α-hetero) is 1. The third-order valence-corrected chi connectivity index (χ3v) is 7.18. The highest BCUT2D eigenvalue weighted by molar-refractivity contribution is 6.12. The second-order valence-electron chi connectivity index (χ2n) is 9.41. The number of benzene rings is 2. The summed E-state index contributed by atoms with van der Waals surface area (Å²) >= 11 is 0. The van der Waals surface area contributed by atoms with Crippen LogP contribution < -0.4 is 20.9 Å². The molecule has 2 unspecified atom stereocenters. The topological polar surface area (TPSA) is 94.4 Å². The van der Waals surface area contributed by atoms with Gasteiger partial charge in [-0.25, -0.2) is 0 Å². The maximum atomic E-state index is 13.9. The largest absolute Gasteiger partial charge is 0.493 e. The standard InChI is InChI=1S/C28H30N4O4/c1-17-15-29-14-13-20(17)30-27(34)25-26(36-3)23-24(31(25)2)19-11-7-8-12-21(19)32(28(23)35)16-22(33)18-9-5-4-6-10-18/h4-12,17,20,29H,13-16H2,1-3H3,(H,30,34). The van der Waals surface area contributed by atoms with Gasteiger partial charge in [-0.2, -0.15) is 0 Å². The number of amides is 1. The Morgan fingerprint density at radius 3 is 2.56 bits per heavy atom. The van der Waals surface area contributed by atoms with Crippen molar-refractivity contribution in [1.82, 2.24) is 19.8 Å². The fourth-order valence-electron chi connectivity index (χ4n) is 5.26. The van der Waals surface area contributed by atoms with Crippen LogP contribution in [0.4, 0.5) is 0 Å². The monoisotopic (exact) mass is 486 g/mol. The quantitative estimate of drug-likeness (QED) is 0.409. The van der Waals surface area contributed by atoms with E-state index in [1.165, 1.54) is 11.7 Å². The van der Waals surface area contributed by atoms with Gasteiger partial charge >= 0.3 is 0 Å². The molecule has 0 bridgehead atoms. The van der Waals surface area contributed by atoms with E-state index in [1.807, 2.05) is 30.3 Å². The SMILES string of the molecule is COc1c(C(=O)NC2CCNCC2C)n(C)c2c1c(=O)n(CC(=O)c1ccccc1)c1ccccc21. The number of hydrogen-bond acceptors (Lipinski definition) is 5. The van der Waals surface area contributed by atoms with Crippen molar-refractivity contribution in [2.24, 2.45) is 13.0 Å². The highest BCUT2D eigenvalue weighted by Gasteiger charge is 2.30. The first-order chi connectivity index (χ1) is 17.4. The number of ketones is 1. The molecule has 8 heteroatoms. The van der Waals surface area contributed by atoms with E-state index in [1.54, 1.807) is 35.9 Å². The molecule has 1 amide bonds. The smallest absolute Gasteiger partial charge is 0.272 e. The van der Waals surface area contributed by atoms with Crippen molar-refractivity contribution in [1.29, 1.82) is 0 Å². The van der Waals surface area contributed by atoms with Gasteiger partial charge < -0.3 is 19.9 Å². The number of carbonyl (C=O) groups excluding carboxylic acids is 2. The molecule has 5 rings (SSSR count). The lowest BCUT2D eigenvalue weighted by Gasteiger charge is -2.30. The van der Waals surface area contributed by atoms with E-state index in [0.717, 1.165) is 24.9 Å². The van der Waals surface area contributed by atoms with Gasteiger partial charge in [0.1, 0.15) is 5.39 Å². The summed E-state index contributed by atoms with van der Waals surface area (Å²) < 4.78 is 8.92. The molecule has 8 nitrogen and oxygen atoms in total. The van der Waals surface area contributed by atoms with Gasteiger partial charge in [0.2, 0.25) is 0 Å². The maximum absolute atomic E-state index is 13.9. The van der Waals surface area contributed by atoms with Crippen molar-refractivity contribution >= 4 is 33.5 Å². The predicted octanol–water partition coefficient (Wildman–Crippen LogP) is 3.11. The zero-order valence-corrected chi connectivity index (χ0v) is 20.7. The van der Waals surface area contributed by atoms with Crippen molar-refractivity contribution in [3.8, 4) is 5.75 Å². The number of carbonyl (C=O) groups is 2. The Labute approximate surface area is 208 Å². The van der Waals surface area contributed by atoms with Crippen molar-refractivity contribution < 1.29 is 14.3 Å². The summed E-state index contributed by atoms with van der Waals surface area (Å²) in [6.07, 6.45) is 0.830. The summed E-state index contributed by atoms with van der Waals surface area (Å²) in [5.74, 6) is 0.0587. The third-order valence-electron chi connectivity index (χ3n) is 7.18. The zero-order chi connectivity index (χ0) is 25.4. The number of nitrogens with zero attached hydrogens (tertiary/aromatic N) is 2. The number of hydrogen-bond donors (Lipinski definition) is 2. The summed E-state index contributed by atoms with van der Waals surface area (Å²) in [4.78, 5) is 40.5. The molecule has 1 aliphatic heterocycles. The lowest BCUT2D eigenvalue weighted by molar-refractivity contribution is 0.0902.